The molecule has 1 rings (SSSR count). The van der Waals surface area contributed by atoms with Crippen LogP contribution < -0.4 is 0 Å². The van der Waals surface area contributed by atoms with E-state index < -0.39 is 12.2 Å². The van der Waals surface area contributed by atoms with E-state index >= 15 is 0 Å². The first kappa shape index (κ1) is 8.02. The number of hydrogen-bond acceptors (Lipinski definition) is 2. The zero-order valence-corrected chi connectivity index (χ0v) is 6.62. The predicted molar refractivity (Wildman–Crippen MR) is 39.6 cm³/mol. The summed E-state index contributed by atoms with van der Waals surface area (Å²) in [4.78, 5) is 0. The van der Waals surface area contributed by atoms with Gasteiger partial charge in [-0.3, -0.25) is 0 Å². The molecule has 1 aliphatic carbocycles. The number of aliphatic hydroxyl groups is 2. The third-order valence-electron chi connectivity index (χ3n) is 2.64. The van der Waals surface area contributed by atoms with Crippen LogP contribution in [0.15, 0.2) is 0 Å². The van der Waals surface area contributed by atoms with Crippen LogP contribution in [0.1, 0.15) is 26.7 Å². The van der Waals surface area contributed by atoms with Gasteiger partial charge in [-0.2, -0.15) is 0 Å². The number of aliphatic hydroxyl groups excluding tert-OH is 2. The van der Waals surface area contributed by atoms with Crippen LogP contribution in [0, 0.1) is 11.8 Å². The summed E-state index contributed by atoms with van der Waals surface area (Å²) in [5, 5.41) is 18.4. The lowest BCUT2D eigenvalue weighted by molar-refractivity contribution is -0.0408. The molecule has 0 aliphatic heterocycles. The van der Waals surface area contributed by atoms with Crippen molar-refractivity contribution in [3.63, 3.8) is 0 Å². The van der Waals surface area contributed by atoms with E-state index in [1.807, 2.05) is 0 Å². The van der Waals surface area contributed by atoms with E-state index in [-0.39, 0.29) is 0 Å². The zero-order chi connectivity index (χ0) is 7.72. The maximum atomic E-state index is 9.22. The topological polar surface area (TPSA) is 40.5 Å². The lowest BCUT2D eigenvalue weighted by Crippen LogP contribution is -2.36. The maximum Gasteiger partial charge on any atom is 0.0801 e. The van der Waals surface area contributed by atoms with Crippen molar-refractivity contribution in [3.05, 3.63) is 0 Å². The molecule has 1 fully saturated rings. The van der Waals surface area contributed by atoms with Crippen LogP contribution in [0.5, 0.6) is 0 Å². The number of hydrogen-bond donors (Lipinski definition) is 2. The molecule has 0 aromatic carbocycles. The SMILES string of the molecule is C[C@H]1C[C@@H](O)[C@@H](O)C[C@@H]1C. The monoisotopic (exact) mass is 144 g/mol. The van der Waals surface area contributed by atoms with Gasteiger partial charge in [0.15, 0.2) is 0 Å². The molecule has 4 atom stereocenters. The molecular weight excluding hydrogens is 128 g/mol. The Kier molecular flexibility index (Phi) is 2.32. The molecule has 0 saturated heterocycles. The largest absolute Gasteiger partial charge is 0.390 e. The molecule has 0 unspecified atom stereocenters. The minimum atomic E-state index is -0.480. The van der Waals surface area contributed by atoms with Crippen molar-refractivity contribution in [2.24, 2.45) is 11.8 Å². The molecule has 10 heavy (non-hydrogen) atoms. The van der Waals surface area contributed by atoms with Crippen molar-refractivity contribution in [3.8, 4) is 0 Å². The Labute approximate surface area is 61.9 Å². The van der Waals surface area contributed by atoms with Gasteiger partial charge in [-0.15, -0.1) is 0 Å². The molecule has 1 saturated carbocycles. The summed E-state index contributed by atoms with van der Waals surface area (Å²) >= 11 is 0. The second-order valence-corrected chi connectivity index (χ2v) is 3.56. The van der Waals surface area contributed by atoms with Crippen LogP contribution in [0.3, 0.4) is 0 Å². The van der Waals surface area contributed by atoms with Crippen molar-refractivity contribution in [2.75, 3.05) is 0 Å². The van der Waals surface area contributed by atoms with Crippen LogP contribution in [-0.2, 0) is 0 Å². The Hall–Kier alpha value is -0.0800. The Balaban J connectivity index is 2.46. The summed E-state index contributed by atoms with van der Waals surface area (Å²) in [6.45, 7) is 4.25. The normalized spacial score (nSPS) is 49.2. The van der Waals surface area contributed by atoms with Gasteiger partial charge in [0.25, 0.3) is 0 Å². The molecule has 0 bridgehead atoms. The number of rotatable bonds is 0. The van der Waals surface area contributed by atoms with Crippen molar-refractivity contribution < 1.29 is 10.2 Å². The molecule has 60 valence electrons. The molecule has 1 aliphatic rings. The highest BCUT2D eigenvalue weighted by Gasteiger charge is 2.29. The average Bonchev–Trinajstić information content (AvgIpc) is 1.84. The summed E-state index contributed by atoms with van der Waals surface area (Å²) in [5.74, 6) is 1.11. The van der Waals surface area contributed by atoms with E-state index in [2.05, 4.69) is 13.8 Å². The predicted octanol–water partition coefficient (Wildman–Crippen LogP) is 0.774. The second kappa shape index (κ2) is 2.89. The summed E-state index contributed by atoms with van der Waals surface area (Å²) in [5.41, 5.74) is 0. The van der Waals surface area contributed by atoms with Crippen LogP contribution in [0.25, 0.3) is 0 Å². The first-order valence-electron chi connectivity index (χ1n) is 3.97. The zero-order valence-electron chi connectivity index (χ0n) is 6.62. The van der Waals surface area contributed by atoms with E-state index in [1.54, 1.807) is 0 Å². The Morgan fingerprint density at radius 2 is 1.20 bits per heavy atom. The van der Waals surface area contributed by atoms with Crippen LogP contribution in [0.2, 0.25) is 0 Å². The van der Waals surface area contributed by atoms with E-state index in [9.17, 15) is 10.2 Å². The fourth-order valence-electron chi connectivity index (χ4n) is 1.54. The van der Waals surface area contributed by atoms with E-state index in [1.165, 1.54) is 0 Å². The second-order valence-electron chi connectivity index (χ2n) is 3.56. The van der Waals surface area contributed by atoms with Crippen LogP contribution in [0.4, 0.5) is 0 Å². The summed E-state index contributed by atoms with van der Waals surface area (Å²) in [6.07, 6.45) is 0.544. The van der Waals surface area contributed by atoms with Gasteiger partial charge in [0, 0.05) is 0 Å². The van der Waals surface area contributed by atoms with Crippen molar-refractivity contribution in [1.29, 1.82) is 0 Å². The highest BCUT2D eigenvalue weighted by Crippen LogP contribution is 2.29. The molecule has 0 spiro atoms. The third kappa shape index (κ3) is 1.50. The highest BCUT2D eigenvalue weighted by molar-refractivity contribution is 4.81. The van der Waals surface area contributed by atoms with Gasteiger partial charge in [-0.25, -0.2) is 0 Å². The van der Waals surface area contributed by atoms with Crippen molar-refractivity contribution in [1.82, 2.24) is 0 Å². The van der Waals surface area contributed by atoms with Gasteiger partial charge >= 0.3 is 0 Å². The van der Waals surface area contributed by atoms with Gasteiger partial charge in [0.2, 0.25) is 0 Å². The summed E-state index contributed by atoms with van der Waals surface area (Å²) in [6, 6.07) is 0. The first-order valence-corrected chi connectivity index (χ1v) is 3.97. The Morgan fingerprint density at radius 3 is 1.50 bits per heavy atom. The molecule has 0 aromatic rings. The minimum absolute atomic E-state index is 0.480. The smallest absolute Gasteiger partial charge is 0.0801 e. The fourth-order valence-corrected chi connectivity index (χ4v) is 1.54. The van der Waals surface area contributed by atoms with Gasteiger partial charge in [0.05, 0.1) is 12.2 Å². The quantitative estimate of drug-likeness (QED) is 0.527. The molecule has 0 radical (unpaired) electrons. The summed E-state index contributed by atoms with van der Waals surface area (Å²) < 4.78 is 0. The molecule has 2 heteroatoms. The average molecular weight is 144 g/mol. The lowest BCUT2D eigenvalue weighted by atomic mass is 9.79. The lowest BCUT2D eigenvalue weighted by Gasteiger charge is -2.33. The fraction of sp³-hybridized carbons (Fsp3) is 1.00. The van der Waals surface area contributed by atoms with Gasteiger partial charge in [-0.1, -0.05) is 13.8 Å². The molecule has 2 nitrogen and oxygen atoms in total. The van der Waals surface area contributed by atoms with Gasteiger partial charge in [-0.05, 0) is 24.7 Å². The minimum Gasteiger partial charge on any atom is -0.390 e. The van der Waals surface area contributed by atoms with Crippen LogP contribution >= 0.6 is 0 Å². The van der Waals surface area contributed by atoms with Crippen molar-refractivity contribution >= 4 is 0 Å². The summed E-state index contributed by atoms with van der Waals surface area (Å²) in [7, 11) is 0. The standard InChI is InChI=1S/C8H16O2/c1-5-3-7(9)8(10)4-6(5)2/h5-10H,3-4H2,1-2H3/t5-,6-,7-,8+/m0/s1. The Bertz CT molecular complexity index is 87.8. The highest BCUT2D eigenvalue weighted by atomic mass is 16.3. The molecule has 0 aromatic heterocycles. The molecule has 0 heterocycles. The molecule has 0 amide bonds. The molecular formula is C8H16O2. The van der Waals surface area contributed by atoms with E-state index in [0.717, 1.165) is 12.8 Å². The maximum absolute atomic E-state index is 9.22. The first-order chi connectivity index (χ1) is 4.61. The van der Waals surface area contributed by atoms with Gasteiger partial charge < -0.3 is 10.2 Å². The third-order valence-corrected chi connectivity index (χ3v) is 2.64. The van der Waals surface area contributed by atoms with E-state index in [0.29, 0.717) is 11.8 Å². The van der Waals surface area contributed by atoms with Crippen LogP contribution in [-0.4, -0.2) is 22.4 Å². The van der Waals surface area contributed by atoms with E-state index in [4.69, 9.17) is 0 Å². The van der Waals surface area contributed by atoms with Gasteiger partial charge in [0.1, 0.15) is 0 Å². The Morgan fingerprint density at radius 1 is 0.900 bits per heavy atom. The van der Waals surface area contributed by atoms with Crippen molar-refractivity contribution in [2.45, 2.75) is 38.9 Å². The molecule has 2 N–H and O–H groups in total.